The molecule has 2 heteroatoms. The minimum atomic E-state index is 0.765. The first-order chi connectivity index (χ1) is 4.88. The van der Waals surface area contributed by atoms with Crippen molar-refractivity contribution in [1.82, 2.24) is 0 Å². The predicted octanol–water partition coefficient (Wildman–Crippen LogP) is 2.35. The van der Waals surface area contributed by atoms with Crippen LogP contribution in [0.3, 0.4) is 0 Å². The molecule has 0 fully saturated rings. The Kier molecular flexibility index (Phi) is 2.40. The van der Waals surface area contributed by atoms with Crippen LogP contribution in [-0.2, 0) is 4.79 Å². The van der Waals surface area contributed by atoms with Crippen molar-refractivity contribution in [2.24, 2.45) is 0 Å². The maximum absolute atomic E-state index is 10.4. The molecule has 1 heterocycles. The fourth-order valence-corrected chi connectivity index (χ4v) is 1.40. The lowest BCUT2D eigenvalue weighted by molar-refractivity contribution is -0.103. The summed E-state index contributed by atoms with van der Waals surface area (Å²) < 4.78 is 0. The quantitative estimate of drug-likeness (QED) is 0.469. The molecule has 52 valence electrons. The summed E-state index contributed by atoms with van der Waals surface area (Å²) in [5.74, 6) is 0. The molecule has 0 radical (unpaired) electrons. The van der Waals surface area contributed by atoms with E-state index in [9.17, 15) is 4.79 Å². The number of carbonyl (C=O) groups excluding carboxylic acids is 1. The van der Waals surface area contributed by atoms with Crippen molar-refractivity contribution >= 4 is 23.2 Å². The Morgan fingerprint density at radius 2 is 2.50 bits per heavy atom. The highest BCUT2D eigenvalue weighted by Crippen LogP contribution is 2.14. The lowest BCUT2D eigenvalue weighted by Crippen LogP contribution is -1.79. The molecule has 1 aromatic rings. The van der Waals surface area contributed by atoms with Gasteiger partial charge in [-0.15, -0.1) is 0 Å². The topological polar surface area (TPSA) is 17.1 Å². The van der Waals surface area contributed by atoms with E-state index in [2.05, 4.69) is 0 Å². The summed E-state index contributed by atoms with van der Waals surface area (Å²) in [6.07, 6.45) is 2.69. The van der Waals surface area contributed by atoms with Gasteiger partial charge in [-0.3, -0.25) is 4.79 Å². The molecule has 1 aromatic heterocycles. The average molecular weight is 152 g/mol. The van der Waals surface area contributed by atoms with Crippen molar-refractivity contribution in [2.45, 2.75) is 6.92 Å². The van der Waals surface area contributed by atoms with Crippen LogP contribution in [0.2, 0.25) is 0 Å². The standard InChI is InChI=1S/C8H8OS/c1-2-7(5-9)8-3-4-10-6-8/h2-6H,1H3. The molecule has 0 N–H and O–H groups in total. The molecule has 0 saturated carbocycles. The molecule has 0 spiro atoms. The van der Waals surface area contributed by atoms with E-state index in [0.29, 0.717) is 0 Å². The molecule has 0 amide bonds. The molecule has 0 atom stereocenters. The zero-order chi connectivity index (χ0) is 7.40. The first kappa shape index (κ1) is 7.22. The van der Waals surface area contributed by atoms with E-state index < -0.39 is 0 Å². The summed E-state index contributed by atoms with van der Waals surface area (Å²) in [6, 6.07) is 1.94. The second-order valence-electron chi connectivity index (χ2n) is 1.87. The minimum absolute atomic E-state index is 0.765. The zero-order valence-electron chi connectivity index (χ0n) is 5.70. The lowest BCUT2D eigenvalue weighted by Gasteiger charge is -1.89. The maximum atomic E-state index is 10.4. The van der Waals surface area contributed by atoms with Gasteiger partial charge in [0.05, 0.1) is 0 Å². The van der Waals surface area contributed by atoms with Crippen LogP contribution in [0, 0.1) is 0 Å². The Morgan fingerprint density at radius 3 is 2.90 bits per heavy atom. The number of aldehydes is 1. The summed E-state index contributed by atoms with van der Waals surface area (Å²) >= 11 is 1.60. The molecule has 0 bridgehead atoms. The van der Waals surface area contributed by atoms with Gasteiger partial charge in [-0.05, 0) is 29.3 Å². The second kappa shape index (κ2) is 3.32. The van der Waals surface area contributed by atoms with Gasteiger partial charge in [-0.2, -0.15) is 11.3 Å². The van der Waals surface area contributed by atoms with Crippen molar-refractivity contribution in [3.63, 3.8) is 0 Å². The highest BCUT2D eigenvalue weighted by Gasteiger charge is 1.96. The fourth-order valence-electron chi connectivity index (χ4n) is 0.731. The number of hydrogen-bond donors (Lipinski definition) is 0. The van der Waals surface area contributed by atoms with Crippen molar-refractivity contribution in [2.75, 3.05) is 0 Å². The van der Waals surface area contributed by atoms with Gasteiger partial charge in [0.2, 0.25) is 0 Å². The van der Waals surface area contributed by atoms with Crippen molar-refractivity contribution in [3.8, 4) is 0 Å². The van der Waals surface area contributed by atoms with Crippen LogP contribution in [-0.4, -0.2) is 6.29 Å². The van der Waals surface area contributed by atoms with Crippen LogP contribution in [0.25, 0.3) is 5.57 Å². The van der Waals surface area contributed by atoms with E-state index in [4.69, 9.17) is 0 Å². The van der Waals surface area contributed by atoms with E-state index in [-0.39, 0.29) is 0 Å². The van der Waals surface area contributed by atoms with E-state index in [1.165, 1.54) is 0 Å². The molecule has 0 aromatic carbocycles. The van der Waals surface area contributed by atoms with Crippen LogP contribution >= 0.6 is 11.3 Å². The zero-order valence-corrected chi connectivity index (χ0v) is 6.52. The Bertz CT molecular complexity index is 234. The van der Waals surface area contributed by atoms with E-state index in [1.807, 2.05) is 29.8 Å². The van der Waals surface area contributed by atoms with Crippen LogP contribution in [0.15, 0.2) is 22.9 Å². The van der Waals surface area contributed by atoms with Gasteiger partial charge in [0.25, 0.3) is 0 Å². The third-order valence-electron chi connectivity index (χ3n) is 1.29. The Hall–Kier alpha value is -0.890. The molecule has 1 rings (SSSR count). The van der Waals surface area contributed by atoms with Gasteiger partial charge in [0, 0.05) is 5.57 Å². The fraction of sp³-hybridized carbons (Fsp3) is 0.125. The van der Waals surface area contributed by atoms with Crippen LogP contribution in [0.1, 0.15) is 12.5 Å². The monoisotopic (exact) mass is 152 g/mol. The predicted molar refractivity (Wildman–Crippen MR) is 44.0 cm³/mol. The highest BCUT2D eigenvalue weighted by molar-refractivity contribution is 7.08. The van der Waals surface area contributed by atoms with Gasteiger partial charge in [-0.25, -0.2) is 0 Å². The summed E-state index contributed by atoms with van der Waals surface area (Å²) in [5, 5.41) is 3.92. The summed E-state index contributed by atoms with van der Waals surface area (Å²) in [4.78, 5) is 10.4. The summed E-state index contributed by atoms with van der Waals surface area (Å²) in [7, 11) is 0. The van der Waals surface area contributed by atoms with Crippen LogP contribution in [0.5, 0.6) is 0 Å². The molecule has 10 heavy (non-hydrogen) atoms. The normalized spacial score (nSPS) is 11.5. The van der Waals surface area contributed by atoms with Crippen LogP contribution in [0.4, 0.5) is 0 Å². The van der Waals surface area contributed by atoms with Gasteiger partial charge < -0.3 is 0 Å². The molecule has 0 aliphatic carbocycles. The Morgan fingerprint density at radius 1 is 1.70 bits per heavy atom. The van der Waals surface area contributed by atoms with Gasteiger partial charge in [-0.1, -0.05) is 6.08 Å². The number of hydrogen-bond acceptors (Lipinski definition) is 2. The largest absolute Gasteiger partial charge is 0.298 e. The van der Waals surface area contributed by atoms with Crippen molar-refractivity contribution in [3.05, 3.63) is 28.5 Å². The van der Waals surface area contributed by atoms with Crippen molar-refractivity contribution in [1.29, 1.82) is 0 Å². The van der Waals surface area contributed by atoms with E-state index in [0.717, 1.165) is 17.4 Å². The third kappa shape index (κ3) is 1.33. The second-order valence-corrected chi connectivity index (χ2v) is 2.65. The molecule has 1 nitrogen and oxygen atoms in total. The number of thiophene rings is 1. The molecule has 0 aliphatic heterocycles. The smallest absolute Gasteiger partial charge is 0.150 e. The number of carbonyl (C=O) groups is 1. The summed E-state index contributed by atoms with van der Waals surface area (Å²) in [5.41, 5.74) is 1.78. The first-order valence-corrected chi connectivity index (χ1v) is 3.97. The third-order valence-corrected chi connectivity index (χ3v) is 1.98. The first-order valence-electron chi connectivity index (χ1n) is 3.02. The summed E-state index contributed by atoms with van der Waals surface area (Å²) in [6.45, 7) is 1.86. The SMILES string of the molecule is CC=C(C=O)c1ccsc1. The highest BCUT2D eigenvalue weighted by atomic mass is 32.1. The van der Waals surface area contributed by atoms with Gasteiger partial charge in [0.1, 0.15) is 6.29 Å². The van der Waals surface area contributed by atoms with E-state index in [1.54, 1.807) is 11.3 Å². The minimum Gasteiger partial charge on any atom is -0.298 e. The molecular formula is C8H8OS. The Labute approximate surface area is 64.0 Å². The van der Waals surface area contributed by atoms with Gasteiger partial charge >= 0.3 is 0 Å². The van der Waals surface area contributed by atoms with Crippen molar-refractivity contribution < 1.29 is 4.79 Å². The van der Waals surface area contributed by atoms with Crippen LogP contribution < -0.4 is 0 Å². The molecule has 0 unspecified atom stereocenters. The lowest BCUT2D eigenvalue weighted by atomic mass is 10.1. The Balaban J connectivity index is 2.95. The number of allylic oxidation sites excluding steroid dienone is 2. The van der Waals surface area contributed by atoms with E-state index >= 15 is 0 Å². The molecule has 0 saturated heterocycles. The number of rotatable bonds is 2. The maximum Gasteiger partial charge on any atom is 0.150 e. The molecular weight excluding hydrogens is 144 g/mol. The molecule has 0 aliphatic rings. The average Bonchev–Trinajstić information content (AvgIpc) is 2.43. The van der Waals surface area contributed by atoms with Gasteiger partial charge in [0.15, 0.2) is 0 Å².